The number of nitrogens with one attached hydrogen (secondary N) is 3. The van der Waals surface area contributed by atoms with E-state index in [-0.39, 0.29) is 35.9 Å². The summed E-state index contributed by atoms with van der Waals surface area (Å²) < 4.78 is 11.1. The molecule has 1 aliphatic rings. The highest BCUT2D eigenvalue weighted by Crippen LogP contribution is 2.17. The van der Waals surface area contributed by atoms with Crippen LogP contribution in [0.4, 0.5) is 10.5 Å². The summed E-state index contributed by atoms with van der Waals surface area (Å²) in [5, 5.41) is 8.96. The van der Waals surface area contributed by atoms with Gasteiger partial charge in [-0.25, -0.2) is 9.79 Å². The van der Waals surface area contributed by atoms with Crippen molar-refractivity contribution in [2.75, 3.05) is 38.1 Å². The zero-order chi connectivity index (χ0) is 22.9. The van der Waals surface area contributed by atoms with Gasteiger partial charge in [-0.1, -0.05) is 6.07 Å². The molecule has 1 aliphatic heterocycles. The van der Waals surface area contributed by atoms with Gasteiger partial charge in [0, 0.05) is 38.3 Å². The van der Waals surface area contributed by atoms with Crippen molar-refractivity contribution >= 4 is 47.6 Å². The van der Waals surface area contributed by atoms with Gasteiger partial charge in [0.1, 0.15) is 18.0 Å². The standard InChI is InChI=1S/C22H35N5O4.HI/c1-6-23-20(27-12-10-18(15-27)26-21(29)31-22(3,4)5)24-11-13-30-19-9-7-8-17(14-19)25-16(2)28;/h7-9,14,18H,6,10-13,15H2,1-5H3,(H,23,24)(H,25,28)(H,26,29);1H. The second-order valence-electron chi connectivity index (χ2n) is 8.37. The molecule has 3 N–H and O–H groups in total. The van der Waals surface area contributed by atoms with Gasteiger partial charge in [0.15, 0.2) is 5.96 Å². The van der Waals surface area contributed by atoms with Crippen LogP contribution in [-0.4, -0.2) is 67.3 Å². The number of carbonyl (C=O) groups excluding carboxylic acids is 2. The Hall–Kier alpha value is -2.24. The van der Waals surface area contributed by atoms with Crippen molar-refractivity contribution in [3.05, 3.63) is 24.3 Å². The molecule has 1 atom stereocenters. The topological polar surface area (TPSA) is 104 Å². The lowest BCUT2D eigenvalue weighted by molar-refractivity contribution is -0.114. The zero-order valence-electron chi connectivity index (χ0n) is 19.6. The predicted octanol–water partition coefficient (Wildman–Crippen LogP) is 3.21. The van der Waals surface area contributed by atoms with Crippen LogP contribution in [0.5, 0.6) is 5.75 Å². The first kappa shape index (κ1) is 27.8. The lowest BCUT2D eigenvalue weighted by Gasteiger charge is -2.23. The van der Waals surface area contributed by atoms with Crippen molar-refractivity contribution in [2.24, 2.45) is 4.99 Å². The minimum Gasteiger partial charge on any atom is -0.492 e. The second-order valence-corrected chi connectivity index (χ2v) is 8.37. The summed E-state index contributed by atoms with van der Waals surface area (Å²) in [5.41, 5.74) is 0.183. The highest BCUT2D eigenvalue weighted by molar-refractivity contribution is 14.0. The van der Waals surface area contributed by atoms with Crippen LogP contribution in [0.15, 0.2) is 29.3 Å². The normalized spacial score (nSPS) is 16.1. The number of benzene rings is 1. The SMILES string of the molecule is CCNC(=NCCOc1cccc(NC(C)=O)c1)N1CCC(NC(=O)OC(C)(C)C)C1.I. The minimum atomic E-state index is -0.513. The second kappa shape index (κ2) is 13.3. The molecular weight excluding hydrogens is 525 g/mol. The van der Waals surface area contributed by atoms with Crippen LogP contribution >= 0.6 is 24.0 Å². The van der Waals surface area contributed by atoms with Gasteiger partial charge in [-0.15, -0.1) is 24.0 Å². The van der Waals surface area contributed by atoms with Crippen molar-refractivity contribution in [1.82, 2.24) is 15.5 Å². The molecule has 1 fully saturated rings. The number of hydrogen-bond donors (Lipinski definition) is 3. The fourth-order valence-electron chi connectivity index (χ4n) is 3.15. The molecule has 2 amide bonds. The average Bonchev–Trinajstić information content (AvgIpc) is 3.10. The third-order valence-corrected chi connectivity index (χ3v) is 4.32. The maximum absolute atomic E-state index is 12.0. The summed E-state index contributed by atoms with van der Waals surface area (Å²) in [5.74, 6) is 1.35. The van der Waals surface area contributed by atoms with Crippen LogP contribution in [0, 0.1) is 0 Å². The van der Waals surface area contributed by atoms with Gasteiger partial charge in [-0.05, 0) is 46.2 Å². The summed E-state index contributed by atoms with van der Waals surface area (Å²) in [6, 6.07) is 7.28. The Kier molecular flexibility index (Phi) is 11.6. The molecule has 0 radical (unpaired) electrons. The van der Waals surface area contributed by atoms with Gasteiger partial charge in [0.25, 0.3) is 0 Å². The minimum absolute atomic E-state index is 0. The van der Waals surface area contributed by atoms with Crippen LogP contribution in [0.1, 0.15) is 41.0 Å². The van der Waals surface area contributed by atoms with Gasteiger partial charge in [0.2, 0.25) is 5.91 Å². The molecule has 1 heterocycles. The largest absolute Gasteiger partial charge is 0.492 e. The van der Waals surface area contributed by atoms with E-state index >= 15 is 0 Å². The van der Waals surface area contributed by atoms with E-state index in [1.165, 1.54) is 6.92 Å². The van der Waals surface area contributed by atoms with Crippen molar-refractivity contribution in [3.63, 3.8) is 0 Å². The van der Waals surface area contributed by atoms with E-state index in [1.54, 1.807) is 6.07 Å². The monoisotopic (exact) mass is 561 g/mol. The molecule has 1 aromatic rings. The summed E-state index contributed by atoms with van der Waals surface area (Å²) in [6.07, 6.45) is 0.437. The molecule has 180 valence electrons. The molecule has 32 heavy (non-hydrogen) atoms. The van der Waals surface area contributed by atoms with E-state index in [0.29, 0.717) is 31.1 Å². The Morgan fingerprint density at radius 1 is 1.28 bits per heavy atom. The zero-order valence-corrected chi connectivity index (χ0v) is 21.9. The molecule has 9 nitrogen and oxygen atoms in total. The number of rotatable bonds is 7. The smallest absolute Gasteiger partial charge is 0.407 e. The van der Waals surface area contributed by atoms with Gasteiger partial charge in [-0.2, -0.15) is 0 Å². The third kappa shape index (κ3) is 10.4. The Bertz CT molecular complexity index is 782. The van der Waals surface area contributed by atoms with Gasteiger partial charge in [0.05, 0.1) is 12.6 Å². The number of halogens is 1. The third-order valence-electron chi connectivity index (χ3n) is 4.32. The van der Waals surface area contributed by atoms with Gasteiger partial charge in [-0.3, -0.25) is 4.79 Å². The molecule has 1 aromatic carbocycles. The van der Waals surface area contributed by atoms with E-state index in [0.717, 1.165) is 25.5 Å². The van der Waals surface area contributed by atoms with Crippen molar-refractivity contribution in [1.29, 1.82) is 0 Å². The van der Waals surface area contributed by atoms with E-state index in [2.05, 4.69) is 25.8 Å². The average molecular weight is 561 g/mol. The van der Waals surface area contributed by atoms with Crippen LogP contribution in [0.2, 0.25) is 0 Å². The van der Waals surface area contributed by atoms with Crippen molar-refractivity contribution in [3.8, 4) is 5.75 Å². The highest BCUT2D eigenvalue weighted by atomic mass is 127. The number of aliphatic imine (C=N–C) groups is 1. The lowest BCUT2D eigenvalue weighted by Crippen LogP contribution is -2.44. The van der Waals surface area contributed by atoms with E-state index in [9.17, 15) is 9.59 Å². The number of likely N-dealkylation sites (tertiary alicyclic amines) is 1. The Labute approximate surface area is 207 Å². The predicted molar refractivity (Wildman–Crippen MR) is 137 cm³/mol. The molecule has 0 aromatic heterocycles. The first-order chi connectivity index (χ1) is 14.7. The number of nitrogens with zero attached hydrogens (tertiary/aromatic N) is 2. The first-order valence-corrected chi connectivity index (χ1v) is 10.7. The number of ether oxygens (including phenoxy) is 2. The molecule has 1 saturated heterocycles. The summed E-state index contributed by atoms with van der Waals surface area (Å²) in [4.78, 5) is 30.0. The van der Waals surface area contributed by atoms with Gasteiger partial charge >= 0.3 is 6.09 Å². The molecule has 1 unspecified atom stereocenters. The number of carbonyl (C=O) groups is 2. The molecule has 10 heteroatoms. The molecular formula is C22H36IN5O4. The van der Waals surface area contributed by atoms with Crippen LogP contribution in [0.3, 0.4) is 0 Å². The molecule has 0 bridgehead atoms. The van der Waals surface area contributed by atoms with Crippen LogP contribution < -0.4 is 20.7 Å². The van der Waals surface area contributed by atoms with Gasteiger partial charge < -0.3 is 30.3 Å². The van der Waals surface area contributed by atoms with E-state index in [4.69, 9.17) is 9.47 Å². The summed E-state index contributed by atoms with van der Waals surface area (Å²) >= 11 is 0. The number of hydrogen-bond acceptors (Lipinski definition) is 5. The maximum atomic E-state index is 12.0. The Balaban J connectivity index is 0.00000512. The molecule has 0 saturated carbocycles. The lowest BCUT2D eigenvalue weighted by atomic mass is 10.2. The van der Waals surface area contributed by atoms with E-state index < -0.39 is 11.7 Å². The Morgan fingerprint density at radius 2 is 2.03 bits per heavy atom. The first-order valence-electron chi connectivity index (χ1n) is 10.7. The molecule has 2 rings (SSSR count). The van der Waals surface area contributed by atoms with E-state index in [1.807, 2.05) is 45.9 Å². The fraction of sp³-hybridized carbons (Fsp3) is 0.591. The summed E-state index contributed by atoms with van der Waals surface area (Å²) in [7, 11) is 0. The number of alkyl carbamates (subject to hydrolysis) is 1. The fourth-order valence-corrected chi connectivity index (χ4v) is 3.15. The van der Waals surface area contributed by atoms with Crippen molar-refractivity contribution in [2.45, 2.75) is 52.7 Å². The Morgan fingerprint density at radius 3 is 2.69 bits per heavy atom. The molecule has 0 aliphatic carbocycles. The quantitative estimate of drug-likeness (QED) is 0.205. The number of guanidine groups is 1. The summed E-state index contributed by atoms with van der Waals surface area (Å²) in [6.45, 7) is 12.1. The van der Waals surface area contributed by atoms with Crippen LogP contribution in [0.25, 0.3) is 0 Å². The number of amides is 2. The number of anilines is 1. The maximum Gasteiger partial charge on any atom is 0.407 e. The molecule has 0 spiro atoms. The van der Waals surface area contributed by atoms with Crippen LogP contribution in [-0.2, 0) is 9.53 Å². The van der Waals surface area contributed by atoms with Crippen molar-refractivity contribution < 1.29 is 19.1 Å². The highest BCUT2D eigenvalue weighted by Gasteiger charge is 2.27.